The summed E-state index contributed by atoms with van der Waals surface area (Å²) >= 11 is 2.63. The highest BCUT2D eigenvalue weighted by Gasteiger charge is 2.20. The van der Waals surface area contributed by atoms with Crippen LogP contribution in [0.4, 0.5) is 14.5 Å². The first-order valence-corrected chi connectivity index (χ1v) is 4.08. The fourth-order valence-corrected chi connectivity index (χ4v) is 1.16. The van der Waals surface area contributed by atoms with Crippen molar-refractivity contribution in [2.75, 3.05) is 0 Å². The Bertz CT molecular complexity index is 432. The lowest BCUT2D eigenvalue weighted by Crippen LogP contribution is -2.12. The van der Waals surface area contributed by atoms with E-state index in [2.05, 4.69) is 15.9 Å². The maximum Gasteiger partial charge on any atom is 0.291 e. The van der Waals surface area contributed by atoms with E-state index in [0.29, 0.717) is 6.07 Å². The average Bonchev–Trinajstić information content (AvgIpc) is 2.08. The number of hydrogen-bond donors (Lipinski definition) is 1. The van der Waals surface area contributed by atoms with Gasteiger partial charge in [-0.2, -0.15) is 0 Å². The van der Waals surface area contributed by atoms with E-state index in [-0.39, 0.29) is 4.47 Å². The van der Waals surface area contributed by atoms with Crippen LogP contribution in [0.25, 0.3) is 0 Å². The number of rotatable bonds is 2. The Morgan fingerprint density at radius 3 is 2.57 bits per heavy atom. The van der Waals surface area contributed by atoms with Crippen LogP contribution in [0.2, 0.25) is 0 Å². The Hall–Kier alpha value is -1.31. The molecule has 0 spiro atoms. The van der Waals surface area contributed by atoms with E-state index in [0.717, 1.165) is 0 Å². The quantitative estimate of drug-likeness (QED) is 0.658. The fourth-order valence-electron chi connectivity index (χ4n) is 0.799. The van der Waals surface area contributed by atoms with E-state index in [1.807, 2.05) is 4.98 Å². The first-order valence-electron chi connectivity index (χ1n) is 3.28. The molecule has 0 saturated carbocycles. The molecule has 0 aliphatic carbocycles. The van der Waals surface area contributed by atoms with Crippen molar-refractivity contribution < 1.29 is 13.7 Å². The van der Waals surface area contributed by atoms with Crippen LogP contribution in [0.15, 0.2) is 15.3 Å². The van der Waals surface area contributed by atoms with Crippen molar-refractivity contribution in [1.29, 1.82) is 0 Å². The van der Waals surface area contributed by atoms with Crippen LogP contribution in [-0.2, 0) is 0 Å². The second-order valence-electron chi connectivity index (χ2n) is 2.31. The number of aromatic nitrogens is 1. The average molecular weight is 269 g/mol. The van der Waals surface area contributed by atoms with Gasteiger partial charge < -0.3 is 4.98 Å². The first kappa shape index (κ1) is 10.8. The van der Waals surface area contributed by atoms with E-state index < -0.39 is 28.3 Å². The molecule has 0 fully saturated rings. The molecule has 8 heteroatoms. The topological polar surface area (TPSA) is 76.0 Å². The molecule has 0 aromatic carbocycles. The summed E-state index contributed by atoms with van der Waals surface area (Å²) < 4.78 is 23.9. The standard InChI is InChI=1S/C6H3BrF2N2O3/c7-4-3(11(13)14)1-2(5(8)9)10-6(4)12/h1,5H,(H,10,12). The van der Waals surface area contributed by atoms with Crippen LogP contribution in [0.5, 0.6) is 0 Å². The lowest BCUT2D eigenvalue weighted by molar-refractivity contribution is -0.385. The summed E-state index contributed by atoms with van der Waals surface area (Å²) in [5.74, 6) is 0. The number of hydrogen-bond acceptors (Lipinski definition) is 3. The minimum atomic E-state index is -2.95. The Kier molecular flexibility index (Phi) is 2.94. The molecular formula is C6H3BrF2N2O3. The molecule has 1 aromatic heterocycles. The minimum absolute atomic E-state index is 0.369. The van der Waals surface area contributed by atoms with Gasteiger partial charge in [0, 0.05) is 6.07 Å². The van der Waals surface area contributed by atoms with Gasteiger partial charge in [-0.05, 0) is 15.9 Å². The Labute approximate surface area is 84.0 Å². The molecule has 1 aromatic rings. The third-order valence-electron chi connectivity index (χ3n) is 1.41. The number of nitrogens with one attached hydrogen (secondary N) is 1. The van der Waals surface area contributed by atoms with Crippen molar-refractivity contribution in [3.63, 3.8) is 0 Å². The van der Waals surface area contributed by atoms with Gasteiger partial charge in [-0.15, -0.1) is 0 Å². The van der Waals surface area contributed by atoms with Crippen LogP contribution >= 0.6 is 15.9 Å². The van der Waals surface area contributed by atoms with Gasteiger partial charge in [-0.1, -0.05) is 0 Å². The summed E-state index contributed by atoms with van der Waals surface area (Å²) in [6.45, 7) is 0. The number of aromatic amines is 1. The normalized spacial score (nSPS) is 10.6. The monoisotopic (exact) mass is 268 g/mol. The third kappa shape index (κ3) is 1.95. The molecule has 0 radical (unpaired) electrons. The van der Waals surface area contributed by atoms with E-state index in [9.17, 15) is 23.7 Å². The van der Waals surface area contributed by atoms with E-state index in [1.54, 1.807) is 0 Å². The number of alkyl halides is 2. The van der Waals surface area contributed by atoms with Gasteiger partial charge in [0.15, 0.2) is 4.47 Å². The van der Waals surface area contributed by atoms with Crippen molar-refractivity contribution in [3.8, 4) is 0 Å². The highest BCUT2D eigenvalue weighted by atomic mass is 79.9. The SMILES string of the molecule is O=c1[nH]c(C(F)F)cc([N+](=O)[O-])c1Br. The fraction of sp³-hybridized carbons (Fsp3) is 0.167. The minimum Gasteiger partial charge on any atom is -0.320 e. The maximum atomic E-state index is 12.1. The Morgan fingerprint density at radius 1 is 1.57 bits per heavy atom. The van der Waals surface area contributed by atoms with E-state index in [1.165, 1.54) is 0 Å². The van der Waals surface area contributed by atoms with Gasteiger partial charge in [0.2, 0.25) is 0 Å². The predicted octanol–water partition coefficient (Wildman–Crippen LogP) is 1.98. The van der Waals surface area contributed by atoms with Crippen molar-refractivity contribution in [3.05, 3.63) is 36.7 Å². The van der Waals surface area contributed by atoms with Gasteiger partial charge in [-0.3, -0.25) is 14.9 Å². The summed E-state index contributed by atoms with van der Waals surface area (Å²) in [4.78, 5) is 22.2. The zero-order valence-electron chi connectivity index (χ0n) is 6.46. The summed E-state index contributed by atoms with van der Waals surface area (Å²) in [5, 5.41) is 10.3. The molecule has 0 amide bonds. The van der Waals surface area contributed by atoms with Gasteiger partial charge in [0.25, 0.3) is 17.7 Å². The lowest BCUT2D eigenvalue weighted by atomic mass is 10.3. The molecule has 0 saturated heterocycles. The van der Waals surface area contributed by atoms with Crippen LogP contribution in [-0.4, -0.2) is 9.91 Å². The highest BCUT2D eigenvalue weighted by Crippen LogP contribution is 2.24. The van der Waals surface area contributed by atoms with Crippen molar-refractivity contribution >= 4 is 21.6 Å². The summed E-state index contributed by atoms with van der Waals surface area (Å²) in [5.41, 5.74) is -2.40. The van der Waals surface area contributed by atoms with Crippen LogP contribution in [0, 0.1) is 10.1 Å². The van der Waals surface area contributed by atoms with E-state index >= 15 is 0 Å². The van der Waals surface area contributed by atoms with Gasteiger partial charge in [-0.25, -0.2) is 8.78 Å². The number of nitrogens with zero attached hydrogens (tertiary/aromatic N) is 1. The van der Waals surface area contributed by atoms with Gasteiger partial charge in [0.1, 0.15) is 0 Å². The molecule has 0 atom stereocenters. The molecule has 0 aliphatic rings. The second-order valence-corrected chi connectivity index (χ2v) is 3.10. The molecule has 0 aliphatic heterocycles. The summed E-state index contributed by atoms with van der Waals surface area (Å²) in [6.07, 6.45) is -2.95. The van der Waals surface area contributed by atoms with Crippen LogP contribution < -0.4 is 5.56 Å². The molecule has 76 valence electrons. The molecule has 1 heterocycles. The molecule has 0 unspecified atom stereocenters. The largest absolute Gasteiger partial charge is 0.320 e. The van der Waals surface area contributed by atoms with Crippen molar-refractivity contribution in [2.24, 2.45) is 0 Å². The van der Waals surface area contributed by atoms with Crippen LogP contribution in [0.3, 0.4) is 0 Å². The molecule has 1 N–H and O–H groups in total. The predicted molar refractivity (Wildman–Crippen MR) is 46.4 cm³/mol. The zero-order chi connectivity index (χ0) is 10.9. The maximum absolute atomic E-state index is 12.1. The molecule has 1 rings (SSSR count). The van der Waals surface area contributed by atoms with Gasteiger partial charge >= 0.3 is 0 Å². The Morgan fingerprint density at radius 2 is 2.14 bits per heavy atom. The summed E-state index contributed by atoms with van der Waals surface area (Å²) in [7, 11) is 0. The first-order chi connectivity index (χ1) is 6.43. The lowest BCUT2D eigenvalue weighted by Gasteiger charge is -2.00. The zero-order valence-corrected chi connectivity index (χ0v) is 8.05. The van der Waals surface area contributed by atoms with Crippen molar-refractivity contribution in [1.82, 2.24) is 4.98 Å². The number of pyridine rings is 1. The van der Waals surface area contributed by atoms with E-state index in [4.69, 9.17) is 0 Å². The Balaban J connectivity index is 3.43. The second kappa shape index (κ2) is 3.82. The summed E-state index contributed by atoms with van der Waals surface area (Å²) in [6, 6.07) is 0.621. The molecule has 5 nitrogen and oxygen atoms in total. The van der Waals surface area contributed by atoms with Crippen LogP contribution in [0.1, 0.15) is 12.1 Å². The molecule has 14 heavy (non-hydrogen) atoms. The molecule has 0 bridgehead atoms. The number of halogens is 3. The highest BCUT2D eigenvalue weighted by molar-refractivity contribution is 9.10. The van der Waals surface area contributed by atoms with Crippen molar-refractivity contribution in [2.45, 2.75) is 6.43 Å². The number of nitro groups is 1. The third-order valence-corrected chi connectivity index (χ3v) is 2.17. The molecular weight excluding hydrogens is 266 g/mol. The number of H-pyrrole nitrogens is 1. The van der Waals surface area contributed by atoms with Gasteiger partial charge in [0.05, 0.1) is 10.6 Å². The smallest absolute Gasteiger partial charge is 0.291 e.